The Balaban J connectivity index is 2.31. The van der Waals surface area contributed by atoms with E-state index in [2.05, 4.69) is 6.92 Å². The summed E-state index contributed by atoms with van der Waals surface area (Å²) in [6, 6.07) is 1.90. The zero-order chi connectivity index (χ0) is 20.0. The van der Waals surface area contributed by atoms with E-state index in [1.54, 1.807) is 6.92 Å². The van der Waals surface area contributed by atoms with Gasteiger partial charge in [-0.3, -0.25) is 14.2 Å². The lowest BCUT2D eigenvalue weighted by Crippen LogP contribution is -2.30. The molecular formula is C21H30N2O4. The predicted molar refractivity (Wildman–Crippen MR) is 103 cm³/mol. The van der Waals surface area contributed by atoms with Crippen molar-refractivity contribution in [2.75, 3.05) is 13.7 Å². The lowest BCUT2D eigenvalue weighted by atomic mass is 9.76. The molecule has 148 valence electrons. The third-order valence-corrected chi connectivity index (χ3v) is 5.75. The Morgan fingerprint density at radius 3 is 2.56 bits per heavy atom. The Morgan fingerprint density at radius 1 is 1.33 bits per heavy atom. The van der Waals surface area contributed by atoms with Gasteiger partial charge in [-0.15, -0.1) is 0 Å². The molecule has 0 bridgehead atoms. The van der Waals surface area contributed by atoms with Gasteiger partial charge in [0.25, 0.3) is 5.56 Å². The lowest BCUT2D eigenvalue weighted by molar-refractivity contribution is 0.0863. The van der Waals surface area contributed by atoms with Gasteiger partial charge in [-0.1, -0.05) is 26.2 Å². The van der Waals surface area contributed by atoms with Crippen LogP contribution in [0.5, 0.6) is 5.88 Å². The molecule has 0 aromatic carbocycles. The Morgan fingerprint density at radius 2 is 2.00 bits per heavy atom. The minimum Gasteiger partial charge on any atom is -0.494 e. The summed E-state index contributed by atoms with van der Waals surface area (Å²) in [4.78, 5) is 25.6. The first-order chi connectivity index (χ1) is 13.0. The zero-order valence-electron chi connectivity index (χ0n) is 16.6. The number of aromatic hydroxyl groups is 1. The van der Waals surface area contributed by atoms with Gasteiger partial charge in [0, 0.05) is 13.0 Å². The van der Waals surface area contributed by atoms with Gasteiger partial charge in [-0.2, -0.15) is 5.26 Å². The number of Topliss-reactive ketones (excluding diaryl/α,β-unsaturated/α-hetero) is 1. The van der Waals surface area contributed by atoms with Gasteiger partial charge in [0.15, 0.2) is 5.78 Å². The van der Waals surface area contributed by atoms with Crippen molar-refractivity contribution in [1.29, 1.82) is 5.26 Å². The second-order valence-electron chi connectivity index (χ2n) is 7.48. The van der Waals surface area contributed by atoms with E-state index in [0.717, 1.165) is 30.3 Å². The molecule has 1 heterocycles. The van der Waals surface area contributed by atoms with E-state index in [9.17, 15) is 20.0 Å². The molecule has 1 saturated carbocycles. The van der Waals surface area contributed by atoms with Crippen LogP contribution in [0.1, 0.15) is 73.4 Å². The minimum absolute atomic E-state index is 0.0797. The van der Waals surface area contributed by atoms with Crippen molar-refractivity contribution in [3.05, 3.63) is 27.0 Å². The van der Waals surface area contributed by atoms with Crippen molar-refractivity contribution in [2.45, 2.75) is 65.3 Å². The number of hydrogen-bond acceptors (Lipinski definition) is 5. The van der Waals surface area contributed by atoms with Crippen LogP contribution in [0.2, 0.25) is 0 Å². The Hall–Kier alpha value is -2.13. The Bertz CT molecular complexity index is 768. The maximum atomic E-state index is 13.2. The number of rotatable bonds is 8. The highest BCUT2D eigenvalue weighted by molar-refractivity contribution is 6.01. The fourth-order valence-electron chi connectivity index (χ4n) is 4.05. The molecule has 1 aliphatic rings. The number of carbonyl (C=O) groups is 1. The molecule has 0 spiro atoms. The van der Waals surface area contributed by atoms with Gasteiger partial charge in [-0.25, -0.2) is 0 Å². The number of unbranched alkanes of at least 4 members (excludes halogenated alkanes) is 1. The van der Waals surface area contributed by atoms with Crippen LogP contribution in [-0.4, -0.2) is 29.2 Å². The number of methoxy groups -OCH3 is 1. The summed E-state index contributed by atoms with van der Waals surface area (Å²) in [6.07, 6.45) is 7.25. The normalized spacial score (nSPS) is 19.6. The molecule has 27 heavy (non-hydrogen) atoms. The summed E-state index contributed by atoms with van der Waals surface area (Å²) in [6.45, 7) is 4.06. The van der Waals surface area contributed by atoms with E-state index in [0.29, 0.717) is 5.92 Å². The fraction of sp³-hybridized carbons (Fsp3) is 0.667. The maximum absolute atomic E-state index is 13.2. The second-order valence-corrected chi connectivity index (χ2v) is 7.48. The molecule has 6 heteroatoms. The Labute approximate surface area is 160 Å². The first-order valence-corrected chi connectivity index (χ1v) is 9.85. The molecular weight excluding hydrogens is 344 g/mol. The summed E-state index contributed by atoms with van der Waals surface area (Å²) < 4.78 is 6.06. The largest absolute Gasteiger partial charge is 0.494 e. The van der Waals surface area contributed by atoms with Crippen LogP contribution >= 0.6 is 0 Å². The van der Waals surface area contributed by atoms with Crippen LogP contribution in [0.4, 0.5) is 0 Å². The molecule has 0 unspecified atom stereocenters. The van der Waals surface area contributed by atoms with Gasteiger partial charge < -0.3 is 9.84 Å². The SMILES string of the molecule is CCCCC1CCC(C(=O)c2c(C)c(C#N)c(=O)n(CCOC)c2O)CC1. The highest BCUT2D eigenvalue weighted by Gasteiger charge is 2.31. The molecule has 0 aliphatic heterocycles. The molecule has 1 aromatic heterocycles. The van der Waals surface area contributed by atoms with Crippen LogP contribution in [0.15, 0.2) is 4.79 Å². The van der Waals surface area contributed by atoms with Crippen molar-refractivity contribution in [1.82, 2.24) is 4.57 Å². The average Bonchev–Trinajstić information content (AvgIpc) is 2.67. The van der Waals surface area contributed by atoms with Crippen LogP contribution in [0.25, 0.3) is 0 Å². The second kappa shape index (κ2) is 9.70. The quantitative estimate of drug-likeness (QED) is 0.702. The molecule has 1 N–H and O–H groups in total. The van der Waals surface area contributed by atoms with Gasteiger partial charge in [-0.05, 0) is 44.1 Å². The lowest BCUT2D eigenvalue weighted by Gasteiger charge is -2.28. The van der Waals surface area contributed by atoms with Gasteiger partial charge in [0.1, 0.15) is 11.6 Å². The van der Waals surface area contributed by atoms with Crippen LogP contribution in [0.3, 0.4) is 0 Å². The Kier molecular flexibility index (Phi) is 7.61. The monoisotopic (exact) mass is 374 g/mol. The standard InChI is InChI=1S/C21H30N2O4/c1-4-5-6-15-7-9-16(10-8-15)19(24)18-14(2)17(13-22)20(25)23(21(18)26)11-12-27-3/h15-16,26H,4-12H2,1-3H3. The molecule has 0 amide bonds. The molecule has 1 fully saturated rings. The number of ketones is 1. The zero-order valence-corrected chi connectivity index (χ0v) is 16.6. The minimum atomic E-state index is -0.579. The summed E-state index contributed by atoms with van der Waals surface area (Å²) in [5.41, 5.74) is -0.251. The first kappa shape index (κ1) is 21.2. The third kappa shape index (κ3) is 4.59. The third-order valence-electron chi connectivity index (χ3n) is 5.75. The van der Waals surface area contributed by atoms with E-state index in [1.165, 1.54) is 26.4 Å². The topological polar surface area (TPSA) is 92.3 Å². The molecule has 2 rings (SSSR count). The highest BCUT2D eigenvalue weighted by Crippen LogP contribution is 2.35. The number of hydrogen-bond donors (Lipinski definition) is 1. The van der Waals surface area contributed by atoms with Crippen LogP contribution in [0, 0.1) is 30.1 Å². The summed E-state index contributed by atoms with van der Waals surface area (Å²) >= 11 is 0. The van der Waals surface area contributed by atoms with E-state index >= 15 is 0 Å². The molecule has 1 aliphatic carbocycles. The van der Waals surface area contributed by atoms with Gasteiger partial charge in [0.05, 0.1) is 18.7 Å². The summed E-state index contributed by atoms with van der Waals surface area (Å²) in [5, 5.41) is 20.0. The van der Waals surface area contributed by atoms with Crippen molar-refractivity contribution in [3.8, 4) is 11.9 Å². The van der Waals surface area contributed by atoms with Crippen LogP contribution < -0.4 is 5.56 Å². The maximum Gasteiger partial charge on any atom is 0.271 e. The number of nitriles is 1. The van der Waals surface area contributed by atoms with Crippen molar-refractivity contribution in [3.63, 3.8) is 0 Å². The molecule has 6 nitrogen and oxygen atoms in total. The summed E-state index contributed by atoms with van der Waals surface area (Å²) in [7, 11) is 1.49. The first-order valence-electron chi connectivity index (χ1n) is 9.85. The molecule has 0 atom stereocenters. The number of pyridine rings is 1. The number of carbonyl (C=O) groups excluding carboxylic acids is 1. The number of aromatic nitrogens is 1. The fourth-order valence-corrected chi connectivity index (χ4v) is 4.05. The van der Waals surface area contributed by atoms with E-state index in [1.807, 2.05) is 6.07 Å². The van der Waals surface area contributed by atoms with E-state index < -0.39 is 5.56 Å². The van der Waals surface area contributed by atoms with Crippen molar-refractivity contribution < 1.29 is 14.6 Å². The smallest absolute Gasteiger partial charge is 0.271 e. The predicted octanol–water partition coefficient (Wildman–Crippen LogP) is 3.56. The summed E-state index contributed by atoms with van der Waals surface area (Å²) in [5.74, 6) is 0.0229. The van der Waals surface area contributed by atoms with Gasteiger partial charge >= 0.3 is 0 Å². The average molecular weight is 374 g/mol. The van der Waals surface area contributed by atoms with Crippen LogP contribution in [-0.2, 0) is 11.3 Å². The van der Waals surface area contributed by atoms with Crippen molar-refractivity contribution >= 4 is 5.78 Å². The van der Waals surface area contributed by atoms with E-state index in [4.69, 9.17) is 4.74 Å². The number of nitrogens with zero attached hydrogens (tertiary/aromatic N) is 2. The highest BCUT2D eigenvalue weighted by atomic mass is 16.5. The molecule has 1 aromatic rings. The van der Waals surface area contributed by atoms with Gasteiger partial charge in [0.2, 0.25) is 5.88 Å². The molecule has 0 radical (unpaired) electrons. The molecule has 0 saturated heterocycles. The van der Waals surface area contributed by atoms with E-state index in [-0.39, 0.29) is 47.4 Å². The van der Waals surface area contributed by atoms with Crippen molar-refractivity contribution in [2.24, 2.45) is 11.8 Å². The number of ether oxygens (including phenoxy) is 1.